The van der Waals surface area contributed by atoms with Crippen molar-refractivity contribution in [2.24, 2.45) is 0 Å². The molecule has 0 aliphatic rings. The zero-order chi connectivity index (χ0) is 21.4. The van der Waals surface area contributed by atoms with Crippen molar-refractivity contribution in [3.63, 3.8) is 0 Å². The largest absolute Gasteiger partial charge is 0.319 e. The highest BCUT2D eigenvalue weighted by Crippen LogP contribution is 2.21. The van der Waals surface area contributed by atoms with Crippen molar-refractivity contribution in [2.75, 3.05) is 5.32 Å². The monoisotopic (exact) mass is 409 g/mol. The Labute approximate surface area is 168 Å². The van der Waals surface area contributed by atoms with Crippen LogP contribution in [-0.4, -0.2) is 15.5 Å². The number of fused-ring (bicyclic) bond motifs is 1. The zero-order valence-corrected chi connectivity index (χ0v) is 15.6. The summed E-state index contributed by atoms with van der Waals surface area (Å²) in [6, 6.07) is 13.2. The SMILES string of the molecule is Cc1nc2ccccc2c(=O)n1-c1ccc(F)c(NC(=O)c2ccc(F)c(F)c2)c1. The van der Waals surface area contributed by atoms with Gasteiger partial charge in [-0.1, -0.05) is 12.1 Å². The molecule has 0 atom stereocenters. The molecule has 150 valence electrons. The minimum atomic E-state index is -1.19. The fraction of sp³-hybridized carbons (Fsp3) is 0.0455. The number of anilines is 1. The second kappa shape index (κ2) is 7.47. The maximum atomic E-state index is 14.3. The summed E-state index contributed by atoms with van der Waals surface area (Å²) in [6.45, 7) is 1.64. The van der Waals surface area contributed by atoms with E-state index >= 15 is 0 Å². The van der Waals surface area contributed by atoms with Gasteiger partial charge in [0, 0.05) is 5.56 Å². The molecule has 3 aromatic carbocycles. The molecule has 0 spiro atoms. The number of aryl methyl sites for hydroxylation is 1. The summed E-state index contributed by atoms with van der Waals surface area (Å²) in [7, 11) is 0. The van der Waals surface area contributed by atoms with Crippen LogP contribution in [0.2, 0.25) is 0 Å². The highest BCUT2D eigenvalue weighted by molar-refractivity contribution is 6.04. The van der Waals surface area contributed by atoms with Crippen LogP contribution in [0.4, 0.5) is 18.9 Å². The van der Waals surface area contributed by atoms with E-state index in [4.69, 9.17) is 0 Å². The number of carbonyl (C=O) groups is 1. The molecule has 0 bridgehead atoms. The first-order valence-electron chi connectivity index (χ1n) is 8.90. The first kappa shape index (κ1) is 19.4. The lowest BCUT2D eigenvalue weighted by Gasteiger charge is -2.13. The van der Waals surface area contributed by atoms with Crippen LogP contribution in [0.15, 0.2) is 65.5 Å². The van der Waals surface area contributed by atoms with Gasteiger partial charge in [0.25, 0.3) is 11.5 Å². The molecule has 0 saturated carbocycles. The van der Waals surface area contributed by atoms with Crippen LogP contribution in [0.3, 0.4) is 0 Å². The van der Waals surface area contributed by atoms with E-state index in [9.17, 15) is 22.8 Å². The quantitative estimate of drug-likeness (QED) is 0.547. The van der Waals surface area contributed by atoms with E-state index in [2.05, 4.69) is 10.3 Å². The van der Waals surface area contributed by atoms with Gasteiger partial charge in [-0.05, 0) is 55.5 Å². The van der Waals surface area contributed by atoms with Crippen LogP contribution < -0.4 is 10.9 Å². The molecule has 5 nitrogen and oxygen atoms in total. The standard InChI is InChI=1S/C22H14F3N3O2/c1-12-26-19-5-3-2-4-15(19)22(30)28(12)14-7-9-17(24)20(11-14)27-21(29)13-6-8-16(23)18(25)10-13/h2-11H,1H3,(H,27,29). The van der Waals surface area contributed by atoms with E-state index in [0.717, 1.165) is 18.2 Å². The van der Waals surface area contributed by atoms with E-state index in [1.165, 1.54) is 16.7 Å². The molecule has 0 fully saturated rings. The molecule has 30 heavy (non-hydrogen) atoms. The molecule has 4 aromatic rings. The third-order valence-corrected chi connectivity index (χ3v) is 4.58. The van der Waals surface area contributed by atoms with Gasteiger partial charge in [-0.25, -0.2) is 18.2 Å². The van der Waals surface area contributed by atoms with Crippen molar-refractivity contribution in [1.82, 2.24) is 9.55 Å². The molecule has 1 N–H and O–H groups in total. The Morgan fingerprint density at radius 3 is 2.43 bits per heavy atom. The third kappa shape index (κ3) is 3.43. The highest BCUT2D eigenvalue weighted by Gasteiger charge is 2.15. The van der Waals surface area contributed by atoms with Crippen molar-refractivity contribution < 1.29 is 18.0 Å². The van der Waals surface area contributed by atoms with Crippen molar-refractivity contribution in [3.8, 4) is 5.69 Å². The molecule has 0 unspecified atom stereocenters. The Balaban J connectivity index is 1.76. The number of hydrogen-bond acceptors (Lipinski definition) is 3. The van der Waals surface area contributed by atoms with Crippen LogP contribution >= 0.6 is 0 Å². The Morgan fingerprint density at radius 1 is 0.933 bits per heavy atom. The van der Waals surface area contributed by atoms with Crippen molar-refractivity contribution in [2.45, 2.75) is 6.92 Å². The molecule has 1 aromatic heterocycles. The molecule has 1 amide bonds. The molecular formula is C22H14F3N3O2. The second-order valence-electron chi connectivity index (χ2n) is 6.56. The van der Waals surface area contributed by atoms with E-state index in [-0.39, 0.29) is 22.5 Å². The first-order valence-corrected chi connectivity index (χ1v) is 8.90. The molecule has 0 aliphatic heterocycles. The van der Waals surface area contributed by atoms with Crippen LogP contribution in [0, 0.1) is 24.4 Å². The Kier molecular flexibility index (Phi) is 4.83. The summed E-state index contributed by atoms with van der Waals surface area (Å²) >= 11 is 0. The molecule has 4 rings (SSSR count). The van der Waals surface area contributed by atoms with Crippen LogP contribution in [0.5, 0.6) is 0 Å². The Morgan fingerprint density at radius 2 is 1.67 bits per heavy atom. The fourth-order valence-electron chi connectivity index (χ4n) is 3.13. The van der Waals surface area contributed by atoms with Gasteiger partial charge in [-0.15, -0.1) is 0 Å². The first-order chi connectivity index (χ1) is 14.3. The molecule has 0 radical (unpaired) electrons. The number of benzene rings is 3. The number of aromatic nitrogens is 2. The number of amides is 1. The molecule has 8 heteroatoms. The van der Waals surface area contributed by atoms with Gasteiger partial charge in [0.2, 0.25) is 0 Å². The second-order valence-corrected chi connectivity index (χ2v) is 6.56. The Bertz CT molecular complexity index is 1370. The van der Waals surface area contributed by atoms with Crippen molar-refractivity contribution in [3.05, 3.63) is 99.9 Å². The number of hydrogen-bond donors (Lipinski definition) is 1. The summed E-state index contributed by atoms with van der Waals surface area (Å²) in [5, 5.41) is 2.71. The van der Waals surface area contributed by atoms with Crippen LogP contribution in [0.1, 0.15) is 16.2 Å². The predicted molar refractivity (Wildman–Crippen MR) is 106 cm³/mol. The van der Waals surface area contributed by atoms with E-state index in [0.29, 0.717) is 22.8 Å². The van der Waals surface area contributed by atoms with Gasteiger partial charge in [-0.2, -0.15) is 0 Å². The lowest BCUT2D eigenvalue weighted by atomic mass is 10.2. The minimum absolute atomic E-state index is 0.181. The summed E-state index contributed by atoms with van der Waals surface area (Å²) in [5.41, 5.74) is 0.0756. The van der Waals surface area contributed by atoms with Gasteiger partial charge in [0.05, 0.1) is 22.3 Å². The van der Waals surface area contributed by atoms with E-state index < -0.39 is 23.4 Å². The highest BCUT2D eigenvalue weighted by atomic mass is 19.2. The predicted octanol–water partition coefficient (Wildman–Crippen LogP) is 4.36. The molecule has 0 aliphatic carbocycles. The van der Waals surface area contributed by atoms with E-state index in [1.54, 1.807) is 31.2 Å². The summed E-state index contributed by atoms with van der Waals surface area (Å²) < 4.78 is 42.1. The minimum Gasteiger partial charge on any atom is -0.319 e. The van der Waals surface area contributed by atoms with Gasteiger partial charge in [0.15, 0.2) is 11.6 Å². The number of halogens is 3. The van der Waals surface area contributed by atoms with Crippen LogP contribution in [-0.2, 0) is 0 Å². The lowest BCUT2D eigenvalue weighted by molar-refractivity contribution is 0.102. The average Bonchev–Trinajstić information content (AvgIpc) is 2.72. The maximum Gasteiger partial charge on any atom is 0.265 e. The van der Waals surface area contributed by atoms with Crippen molar-refractivity contribution >= 4 is 22.5 Å². The van der Waals surface area contributed by atoms with Gasteiger partial charge < -0.3 is 5.32 Å². The molecule has 0 saturated heterocycles. The normalized spacial score (nSPS) is 10.9. The van der Waals surface area contributed by atoms with E-state index in [1.807, 2.05) is 0 Å². The van der Waals surface area contributed by atoms with Crippen LogP contribution in [0.25, 0.3) is 16.6 Å². The smallest absolute Gasteiger partial charge is 0.265 e. The third-order valence-electron chi connectivity index (χ3n) is 4.58. The van der Waals surface area contributed by atoms with Gasteiger partial charge in [-0.3, -0.25) is 14.2 Å². The number of para-hydroxylation sites is 1. The molecule has 1 heterocycles. The Hall–Kier alpha value is -3.94. The lowest BCUT2D eigenvalue weighted by Crippen LogP contribution is -2.22. The number of nitrogens with zero attached hydrogens (tertiary/aromatic N) is 2. The van der Waals surface area contributed by atoms with Gasteiger partial charge >= 0.3 is 0 Å². The fourth-order valence-corrected chi connectivity index (χ4v) is 3.13. The summed E-state index contributed by atoms with van der Waals surface area (Å²) in [4.78, 5) is 29.7. The summed E-state index contributed by atoms with van der Waals surface area (Å²) in [6.07, 6.45) is 0. The number of carbonyl (C=O) groups excluding carboxylic acids is 1. The zero-order valence-electron chi connectivity index (χ0n) is 15.6. The van der Waals surface area contributed by atoms with Gasteiger partial charge in [0.1, 0.15) is 11.6 Å². The number of nitrogens with one attached hydrogen (secondary N) is 1. The van der Waals surface area contributed by atoms with Crippen molar-refractivity contribution in [1.29, 1.82) is 0 Å². The summed E-state index contributed by atoms with van der Waals surface area (Å²) in [5.74, 6) is -3.50. The maximum absolute atomic E-state index is 14.3. The molecular weight excluding hydrogens is 395 g/mol. The average molecular weight is 409 g/mol. The number of rotatable bonds is 3. The topological polar surface area (TPSA) is 64.0 Å².